The Hall–Kier alpha value is -2.99. The summed E-state index contributed by atoms with van der Waals surface area (Å²) in [7, 11) is 3.38. The SMILES string of the molecule is COC[C@@H](c1ccccn1)N(C)C(=O)c1ccccc1-n1cccn1. The van der Waals surface area contributed by atoms with Crippen molar-refractivity contribution in [1.29, 1.82) is 0 Å². The summed E-state index contributed by atoms with van der Waals surface area (Å²) in [4.78, 5) is 19.2. The number of ether oxygens (including phenoxy) is 1. The largest absolute Gasteiger partial charge is 0.382 e. The van der Waals surface area contributed by atoms with Gasteiger partial charge in [-0.25, -0.2) is 4.68 Å². The number of amides is 1. The fraction of sp³-hybridized carbons (Fsp3) is 0.211. The van der Waals surface area contributed by atoms with Crippen molar-refractivity contribution < 1.29 is 9.53 Å². The van der Waals surface area contributed by atoms with Gasteiger partial charge in [-0.3, -0.25) is 9.78 Å². The molecule has 6 nitrogen and oxygen atoms in total. The molecule has 0 bridgehead atoms. The molecule has 0 saturated carbocycles. The van der Waals surface area contributed by atoms with E-state index in [2.05, 4.69) is 10.1 Å². The van der Waals surface area contributed by atoms with Crippen LogP contribution in [0.25, 0.3) is 5.69 Å². The Morgan fingerprint density at radius 2 is 1.96 bits per heavy atom. The highest BCUT2D eigenvalue weighted by Crippen LogP contribution is 2.22. The lowest BCUT2D eigenvalue weighted by atomic mass is 10.1. The van der Waals surface area contributed by atoms with Crippen molar-refractivity contribution in [3.8, 4) is 5.69 Å². The highest BCUT2D eigenvalue weighted by atomic mass is 16.5. The second-order valence-electron chi connectivity index (χ2n) is 5.61. The third-order valence-corrected chi connectivity index (χ3v) is 4.03. The monoisotopic (exact) mass is 336 g/mol. The van der Waals surface area contributed by atoms with Crippen LogP contribution >= 0.6 is 0 Å². The summed E-state index contributed by atoms with van der Waals surface area (Å²) in [5.74, 6) is -0.112. The summed E-state index contributed by atoms with van der Waals surface area (Å²) in [6.07, 6.45) is 5.22. The van der Waals surface area contributed by atoms with Crippen molar-refractivity contribution in [2.24, 2.45) is 0 Å². The number of rotatable bonds is 6. The van der Waals surface area contributed by atoms with E-state index in [4.69, 9.17) is 4.74 Å². The molecule has 1 aromatic carbocycles. The van der Waals surface area contributed by atoms with Crippen molar-refractivity contribution in [2.75, 3.05) is 20.8 Å². The first-order valence-corrected chi connectivity index (χ1v) is 7.98. The normalized spacial score (nSPS) is 11.9. The zero-order valence-electron chi connectivity index (χ0n) is 14.2. The second-order valence-corrected chi connectivity index (χ2v) is 5.61. The molecule has 0 saturated heterocycles. The molecule has 0 N–H and O–H groups in total. The minimum Gasteiger partial charge on any atom is -0.382 e. The van der Waals surface area contributed by atoms with Crippen LogP contribution < -0.4 is 0 Å². The molecule has 0 spiro atoms. The van der Waals surface area contributed by atoms with Crippen LogP contribution in [0, 0.1) is 0 Å². The first-order valence-electron chi connectivity index (χ1n) is 7.98. The van der Waals surface area contributed by atoms with Crippen molar-refractivity contribution in [3.63, 3.8) is 0 Å². The molecule has 0 aliphatic carbocycles. The molecule has 128 valence electrons. The Kier molecular flexibility index (Phi) is 5.20. The van der Waals surface area contributed by atoms with E-state index in [1.807, 2.05) is 48.7 Å². The molecular formula is C19H20N4O2. The highest BCUT2D eigenvalue weighted by molar-refractivity contribution is 5.97. The predicted molar refractivity (Wildman–Crippen MR) is 94.5 cm³/mol. The Morgan fingerprint density at radius 3 is 2.64 bits per heavy atom. The van der Waals surface area contributed by atoms with Crippen LogP contribution in [0.1, 0.15) is 22.1 Å². The molecule has 0 fully saturated rings. The third-order valence-electron chi connectivity index (χ3n) is 4.03. The lowest BCUT2D eigenvalue weighted by Crippen LogP contribution is -2.34. The average Bonchev–Trinajstić information content (AvgIpc) is 3.20. The van der Waals surface area contributed by atoms with Crippen molar-refractivity contribution in [1.82, 2.24) is 19.7 Å². The number of para-hydroxylation sites is 1. The van der Waals surface area contributed by atoms with Gasteiger partial charge >= 0.3 is 0 Å². The molecule has 2 heterocycles. The van der Waals surface area contributed by atoms with Gasteiger partial charge in [0.1, 0.15) is 0 Å². The quantitative estimate of drug-likeness (QED) is 0.694. The van der Waals surface area contributed by atoms with Crippen LogP contribution in [-0.4, -0.2) is 46.3 Å². The number of pyridine rings is 1. The fourth-order valence-corrected chi connectivity index (χ4v) is 2.72. The van der Waals surface area contributed by atoms with Gasteiger partial charge in [-0.05, 0) is 30.3 Å². The Balaban J connectivity index is 1.94. The van der Waals surface area contributed by atoms with E-state index in [1.165, 1.54) is 0 Å². The number of hydrogen-bond acceptors (Lipinski definition) is 4. The molecule has 6 heteroatoms. The predicted octanol–water partition coefficient (Wildman–Crippen LogP) is 2.73. The van der Waals surface area contributed by atoms with Crippen LogP contribution in [-0.2, 0) is 4.74 Å². The Morgan fingerprint density at radius 1 is 1.16 bits per heavy atom. The van der Waals surface area contributed by atoms with E-state index in [1.54, 1.807) is 42.2 Å². The molecule has 1 amide bonds. The summed E-state index contributed by atoms with van der Waals surface area (Å²) in [5.41, 5.74) is 2.10. The number of aromatic nitrogens is 3. The van der Waals surface area contributed by atoms with Gasteiger partial charge < -0.3 is 9.64 Å². The molecule has 25 heavy (non-hydrogen) atoms. The van der Waals surface area contributed by atoms with Crippen molar-refractivity contribution in [3.05, 3.63) is 78.4 Å². The van der Waals surface area contributed by atoms with Gasteiger partial charge in [0.15, 0.2) is 0 Å². The smallest absolute Gasteiger partial charge is 0.256 e. The number of carbonyl (C=O) groups is 1. The highest BCUT2D eigenvalue weighted by Gasteiger charge is 2.25. The third kappa shape index (κ3) is 3.59. The Labute approximate surface area is 146 Å². The lowest BCUT2D eigenvalue weighted by molar-refractivity contribution is 0.0595. The number of likely N-dealkylation sites (N-methyl/N-ethyl adjacent to an activating group) is 1. The van der Waals surface area contributed by atoms with E-state index in [9.17, 15) is 4.79 Å². The molecule has 3 aromatic rings. The number of benzene rings is 1. The topological polar surface area (TPSA) is 60.2 Å². The zero-order chi connectivity index (χ0) is 17.6. The maximum absolute atomic E-state index is 13.2. The molecule has 0 unspecified atom stereocenters. The van der Waals surface area contributed by atoms with E-state index < -0.39 is 0 Å². The maximum atomic E-state index is 13.2. The van der Waals surface area contributed by atoms with Crippen LogP contribution in [0.5, 0.6) is 0 Å². The summed E-state index contributed by atoms with van der Waals surface area (Å²) in [6.45, 7) is 0.364. The number of carbonyl (C=O) groups excluding carboxylic acids is 1. The van der Waals surface area contributed by atoms with Crippen molar-refractivity contribution in [2.45, 2.75) is 6.04 Å². The van der Waals surface area contributed by atoms with Gasteiger partial charge in [-0.1, -0.05) is 18.2 Å². The molecule has 0 radical (unpaired) electrons. The summed E-state index contributed by atoms with van der Waals surface area (Å²) < 4.78 is 7.00. The fourth-order valence-electron chi connectivity index (χ4n) is 2.72. The number of hydrogen-bond donors (Lipinski definition) is 0. The molecule has 0 aliphatic rings. The number of nitrogens with zero attached hydrogens (tertiary/aromatic N) is 4. The summed E-state index contributed by atoms with van der Waals surface area (Å²) >= 11 is 0. The van der Waals surface area contributed by atoms with Crippen LogP contribution in [0.3, 0.4) is 0 Å². The van der Waals surface area contributed by atoms with Crippen LogP contribution in [0.15, 0.2) is 67.1 Å². The van der Waals surface area contributed by atoms with Gasteiger partial charge in [0.05, 0.1) is 29.6 Å². The van der Waals surface area contributed by atoms with E-state index in [0.29, 0.717) is 12.2 Å². The molecule has 2 aromatic heterocycles. The first-order chi connectivity index (χ1) is 12.2. The van der Waals surface area contributed by atoms with Gasteiger partial charge in [0.2, 0.25) is 0 Å². The molecule has 0 aliphatic heterocycles. The van der Waals surface area contributed by atoms with Crippen molar-refractivity contribution >= 4 is 5.91 Å². The van der Waals surface area contributed by atoms with Crippen LogP contribution in [0.2, 0.25) is 0 Å². The average molecular weight is 336 g/mol. The zero-order valence-corrected chi connectivity index (χ0v) is 14.2. The maximum Gasteiger partial charge on any atom is 0.256 e. The second kappa shape index (κ2) is 7.72. The minimum absolute atomic E-state index is 0.112. The number of methoxy groups -OCH3 is 1. The van der Waals surface area contributed by atoms with Gasteiger partial charge in [0, 0.05) is 32.7 Å². The standard InChI is InChI=1S/C19H20N4O2/c1-22(18(14-25-2)16-9-5-6-11-20-16)19(24)15-8-3-4-10-17(15)23-13-7-12-21-23/h3-13,18H,14H2,1-2H3/t18-/m0/s1. The van der Waals surface area contributed by atoms with Crippen LogP contribution in [0.4, 0.5) is 0 Å². The molecule has 1 atom stereocenters. The summed E-state index contributed by atoms with van der Waals surface area (Å²) in [5, 5.41) is 4.24. The molecular weight excluding hydrogens is 316 g/mol. The van der Waals surface area contributed by atoms with Gasteiger partial charge in [-0.2, -0.15) is 5.10 Å². The summed E-state index contributed by atoms with van der Waals surface area (Å²) in [6, 6.07) is 14.6. The van der Waals surface area contributed by atoms with E-state index in [-0.39, 0.29) is 11.9 Å². The lowest BCUT2D eigenvalue weighted by Gasteiger charge is -2.28. The van der Waals surface area contributed by atoms with E-state index in [0.717, 1.165) is 11.4 Å². The minimum atomic E-state index is -0.274. The first kappa shape index (κ1) is 16.9. The Bertz CT molecular complexity index is 818. The van der Waals surface area contributed by atoms with Gasteiger partial charge in [0.25, 0.3) is 5.91 Å². The molecule has 3 rings (SSSR count). The van der Waals surface area contributed by atoms with E-state index >= 15 is 0 Å². The van der Waals surface area contributed by atoms with Gasteiger partial charge in [-0.15, -0.1) is 0 Å².